The number of piperazine rings is 1. The van der Waals surface area contributed by atoms with E-state index in [-0.39, 0.29) is 5.82 Å². The Morgan fingerprint density at radius 1 is 0.852 bits per heavy atom. The Labute approximate surface area is 157 Å². The van der Waals surface area contributed by atoms with Gasteiger partial charge in [-0.15, -0.1) is 0 Å². The van der Waals surface area contributed by atoms with Crippen LogP contribution in [0.4, 0.5) is 21.8 Å². The van der Waals surface area contributed by atoms with E-state index in [9.17, 15) is 4.39 Å². The van der Waals surface area contributed by atoms with Gasteiger partial charge >= 0.3 is 0 Å². The van der Waals surface area contributed by atoms with Crippen LogP contribution in [0.1, 0.15) is 12.8 Å². The Kier molecular flexibility index (Phi) is 4.03. The highest BCUT2D eigenvalue weighted by molar-refractivity contribution is 5.90. The Hall–Kier alpha value is -2.89. The van der Waals surface area contributed by atoms with Gasteiger partial charge in [0.2, 0.25) is 5.95 Å². The molecule has 0 radical (unpaired) electrons. The Balaban J connectivity index is 1.39. The second-order valence-electron chi connectivity index (χ2n) is 7.23. The molecule has 27 heavy (non-hydrogen) atoms. The lowest BCUT2D eigenvalue weighted by molar-refractivity contribution is 0.594. The molecule has 0 spiro atoms. The third-order valence-corrected chi connectivity index (χ3v) is 5.27. The number of para-hydroxylation sites is 2. The van der Waals surface area contributed by atoms with Crippen LogP contribution in [-0.2, 0) is 0 Å². The second kappa shape index (κ2) is 6.68. The van der Waals surface area contributed by atoms with E-state index >= 15 is 0 Å². The minimum atomic E-state index is -0.163. The summed E-state index contributed by atoms with van der Waals surface area (Å²) in [6.45, 7) is 3.05. The maximum absolute atomic E-state index is 14.1. The fourth-order valence-corrected chi connectivity index (χ4v) is 3.59. The number of fused-ring (bicyclic) bond motifs is 1. The van der Waals surface area contributed by atoms with E-state index in [2.05, 4.69) is 21.2 Å². The van der Waals surface area contributed by atoms with Gasteiger partial charge in [-0.2, -0.15) is 4.98 Å². The predicted molar refractivity (Wildman–Crippen MR) is 107 cm³/mol. The van der Waals surface area contributed by atoms with Crippen LogP contribution < -0.4 is 15.1 Å². The van der Waals surface area contributed by atoms with Gasteiger partial charge < -0.3 is 15.1 Å². The zero-order valence-electron chi connectivity index (χ0n) is 15.1. The molecule has 2 fully saturated rings. The maximum Gasteiger partial charge on any atom is 0.228 e. The SMILES string of the molecule is Fc1ccccc1N1CCN(c2nc(NC3CC3)c3ccccc3n2)CC1. The summed E-state index contributed by atoms with van der Waals surface area (Å²) in [5, 5.41) is 4.61. The number of benzene rings is 2. The fourth-order valence-electron chi connectivity index (χ4n) is 3.59. The van der Waals surface area contributed by atoms with Crippen molar-refractivity contribution in [1.29, 1.82) is 0 Å². The first-order valence-corrected chi connectivity index (χ1v) is 9.56. The largest absolute Gasteiger partial charge is 0.367 e. The second-order valence-corrected chi connectivity index (χ2v) is 7.23. The topological polar surface area (TPSA) is 44.3 Å². The van der Waals surface area contributed by atoms with Crippen molar-refractivity contribution in [1.82, 2.24) is 9.97 Å². The van der Waals surface area contributed by atoms with Crippen molar-refractivity contribution in [2.24, 2.45) is 0 Å². The molecule has 0 amide bonds. The van der Waals surface area contributed by atoms with Crippen LogP contribution in [-0.4, -0.2) is 42.2 Å². The summed E-state index contributed by atoms with van der Waals surface area (Å²) in [4.78, 5) is 13.9. The van der Waals surface area contributed by atoms with E-state index in [1.807, 2.05) is 30.3 Å². The Morgan fingerprint density at radius 2 is 1.56 bits per heavy atom. The van der Waals surface area contributed by atoms with Gasteiger partial charge in [-0.05, 0) is 37.1 Å². The fraction of sp³-hybridized carbons (Fsp3) is 0.333. The van der Waals surface area contributed by atoms with Crippen LogP contribution in [0.25, 0.3) is 10.9 Å². The van der Waals surface area contributed by atoms with Crippen LogP contribution in [0.2, 0.25) is 0 Å². The van der Waals surface area contributed by atoms with Gasteiger partial charge in [-0.25, -0.2) is 9.37 Å². The first-order chi connectivity index (χ1) is 13.3. The van der Waals surface area contributed by atoms with E-state index in [0.717, 1.165) is 48.8 Å². The van der Waals surface area contributed by atoms with Crippen molar-refractivity contribution in [2.45, 2.75) is 18.9 Å². The number of rotatable bonds is 4. The standard InChI is InChI=1S/C21H22FN5/c22-17-6-2-4-8-19(17)26-11-13-27(14-12-26)21-24-18-7-3-1-5-16(18)20(25-21)23-15-9-10-15/h1-8,15H,9-14H2,(H,23,24,25). The molecule has 0 unspecified atom stereocenters. The molecule has 5 rings (SSSR count). The normalized spacial score (nSPS) is 17.4. The molecule has 1 saturated heterocycles. The molecule has 1 aliphatic carbocycles. The van der Waals surface area contributed by atoms with Gasteiger partial charge in [0, 0.05) is 37.6 Å². The maximum atomic E-state index is 14.1. The molecule has 2 aliphatic rings. The van der Waals surface area contributed by atoms with Gasteiger partial charge in [0.15, 0.2) is 0 Å². The zero-order valence-corrected chi connectivity index (χ0v) is 15.1. The molecule has 5 nitrogen and oxygen atoms in total. The molecule has 1 aliphatic heterocycles. The van der Waals surface area contributed by atoms with Crippen molar-refractivity contribution >= 4 is 28.4 Å². The van der Waals surface area contributed by atoms with E-state index in [1.54, 1.807) is 6.07 Å². The van der Waals surface area contributed by atoms with Crippen molar-refractivity contribution in [3.63, 3.8) is 0 Å². The van der Waals surface area contributed by atoms with E-state index in [0.29, 0.717) is 11.7 Å². The number of nitrogens with one attached hydrogen (secondary N) is 1. The van der Waals surface area contributed by atoms with Crippen molar-refractivity contribution in [2.75, 3.05) is 41.3 Å². The minimum Gasteiger partial charge on any atom is -0.367 e. The number of anilines is 3. The molecule has 2 aromatic carbocycles. The number of halogens is 1. The molecule has 1 N–H and O–H groups in total. The summed E-state index contributed by atoms with van der Waals surface area (Å²) in [6, 6.07) is 15.6. The monoisotopic (exact) mass is 363 g/mol. The minimum absolute atomic E-state index is 0.163. The molecular weight excluding hydrogens is 341 g/mol. The van der Waals surface area contributed by atoms with Crippen molar-refractivity contribution < 1.29 is 4.39 Å². The van der Waals surface area contributed by atoms with Crippen LogP contribution in [0.5, 0.6) is 0 Å². The summed E-state index contributed by atoms with van der Waals surface area (Å²) in [5.74, 6) is 1.52. The van der Waals surface area contributed by atoms with Crippen molar-refractivity contribution in [3.05, 3.63) is 54.3 Å². The van der Waals surface area contributed by atoms with Crippen LogP contribution in [0.15, 0.2) is 48.5 Å². The predicted octanol–water partition coefficient (Wildman–Crippen LogP) is 3.67. The molecule has 3 aromatic rings. The van der Waals surface area contributed by atoms with E-state index in [4.69, 9.17) is 9.97 Å². The molecule has 0 bridgehead atoms. The van der Waals surface area contributed by atoms with E-state index < -0.39 is 0 Å². The number of hydrogen-bond donors (Lipinski definition) is 1. The van der Waals surface area contributed by atoms with Crippen LogP contribution in [0.3, 0.4) is 0 Å². The lowest BCUT2D eigenvalue weighted by atomic mass is 10.2. The van der Waals surface area contributed by atoms with Crippen LogP contribution >= 0.6 is 0 Å². The molecule has 138 valence electrons. The summed E-state index contributed by atoms with van der Waals surface area (Å²) in [6.07, 6.45) is 2.41. The third kappa shape index (κ3) is 3.27. The molecule has 1 aromatic heterocycles. The smallest absolute Gasteiger partial charge is 0.228 e. The van der Waals surface area contributed by atoms with Gasteiger partial charge in [0.05, 0.1) is 11.2 Å². The summed E-state index contributed by atoms with van der Waals surface area (Å²) in [7, 11) is 0. The average Bonchev–Trinajstić information content (AvgIpc) is 3.52. The zero-order chi connectivity index (χ0) is 18.2. The molecule has 0 atom stereocenters. The van der Waals surface area contributed by atoms with Crippen molar-refractivity contribution in [3.8, 4) is 0 Å². The summed E-state index contributed by atoms with van der Waals surface area (Å²) in [5.41, 5.74) is 1.63. The lowest BCUT2D eigenvalue weighted by Gasteiger charge is -2.36. The molecule has 2 heterocycles. The third-order valence-electron chi connectivity index (χ3n) is 5.27. The van der Waals surface area contributed by atoms with Gasteiger partial charge in [-0.3, -0.25) is 0 Å². The average molecular weight is 363 g/mol. The lowest BCUT2D eigenvalue weighted by Crippen LogP contribution is -2.47. The summed E-state index contributed by atoms with van der Waals surface area (Å²) >= 11 is 0. The number of hydrogen-bond acceptors (Lipinski definition) is 5. The Morgan fingerprint density at radius 3 is 2.33 bits per heavy atom. The van der Waals surface area contributed by atoms with E-state index in [1.165, 1.54) is 18.9 Å². The number of aromatic nitrogens is 2. The first kappa shape index (κ1) is 16.3. The van der Waals surface area contributed by atoms with Gasteiger partial charge in [-0.1, -0.05) is 24.3 Å². The molecule has 6 heteroatoms. The molecule has 1 saturated carbocycles. The highest BCUT2D eigenvalue weighted by Gasteiger charge is 2.25. The highest BCUT2D eigenvalue weighted by Crippen LogP contribution is 2.30. The van der Waals surface area contributed by atoms with Gasteiger partial charge in [0.1, 0.15) is 11.6 Å². The summed E-state index contributed by atoms with van der Waals surface area (Å²) < 4.78 is 14.1. The van der Waals surface area contributed by atoms with Gasteiger partial charge in [0.25, 0.3) is 0 Å². The number of nitrogens with zero attached hydrogens (tertiary/aromatic N) is 4. The van der Waals surface area contributed by atoms with Crippen LogP contribution in [0, 0.1) is 5.82 Å². The quantitative estimate of drug-likeness (QED) is 0.766. The first-order valence-electron chi connectivity index (χ1n) is 9.56. The highest BCUT2D eigenvalue weighted by atomic mass is 19.1. The molecular formula is C21H22FN5. The Bertz CT molecular complexity index is 964.